The fourth-order valence-corrected chi connectivity index (χ4v) is 3.43. The van der Waals surface area contributed by atoms with Crippen LogP contribution in [0.5, 0.6) is 0 Å². The molecule has 1 aliphatic heterocycles. The van der Waals surface area contributed by atoms with Crippen LogP contribution in [0.3, 0.4) is 0 Å². The number of benzene rings is 2. The number of aromatic nitrogens is 2. The van der Waals surface area contributed by atoms with E-state index >= 15 is 0 Å². The van der Waals surface area contributed by atoms with E-state index in [1.165, 1.54) is 0 Å². The highest BCUT2D eigenvalue weighted by Crippen LogP contribution is 2.35. The zero-order chi connectivity index (χ0) is 20.4. The molecule has 1 aliphatic rings. The molecule has 0 saturated heterocycles. The van der Waals surface area contributed by atoms with Gasteiger partial charge in [0.05, 0.1) is 5.57 Å². The maximum absolute atomic E-state index is 12.4. The number of carbonyl (C=O) groups is 2. The quantitative estimate of drug-likeness (QED) is 0.447. The van der Waals surface area contributed by atoms with Crippen molar-refractivity contribution in [3.05, 3.63) is 66.2 Å². The lowest BCUT2D eigenvalue weighted by Gasteiger charge is -2.09. The Labute approximate surface area is 172 Å². The Bertz CT molecular complexity index is 1120. The van der Waals surface area contributed by atoms with Gasteiger partial charge in [-0.05, 0) is 54.8 Å². The Balaban J connectivity index is 1.53. The molecule has 0 aliphatic carbocycles. The SMILES string of the molecule is CSc1ccc(NC(=O)Nc2ccc3c(c2)/C(=C\c2nccn2C)C(=O)N3)cc1. The van der Waals surface area contributed by atoms with E-state index in [0.29, 0.717) is 28.5 Å². The summed E-state index contributed by atoms with van der Waals surface area (Å²) in [5, 5.41) is 8.45. The zero-order valence-electron chi connectivity index (χ0n) is 15.9. The molecule has 3 aromatic rings. The van der Waals surface area contributed by atoms with Crippen molar-refractivity contribution < 1.29 is 9.59 Å². The van der Waals surface area contributed by atoms with Crippen LogP contribution in [0.25, 0.3) is 11.6 Å². The van der Waals surface area contributed by atoms with Gasteiger partial charge in [0, 0.05) is 47.0 Å². The van der Waals surface area contributed by atoms with Crippen LogP contribution in [0, 0.1) is 0 Å². The molecule has 0 atom stereocenters. The second kappa shape index (κ2) is 7.84. The number of nitrogens with one attached hydrogen (secondary N) is 3. The highest BCUT2D eigenvalue weighted by Gasteiger charge is 2.25. The van der Waals surface area contributed by atoms with Crippen molar-refractivity contribution >= 4 is 52.4 Å². The average Bonchev–Trinajstić information content (AvgIpc) is 3.25. The first-order valence-corrected chi connectivity index (χ1v) is 10.1. The molecule has 3 amide bonds. The first kappa shape index (κ1) is 18.8. The summed E-state index contributed by atoms with van der Waals surface area (Å²) in [4.78, 5) is 30.1. The van der Waals surface area contributed by atoms with Gasteiger partial charge in [-0.15, -0.1) is 11.8 Å². The normalized spacial score (nSPS) is 13.9. The molecule has 2 aromatic carbocycles. The monoisotopic (exact) mass is 405 g/mol. The van der Waals surface area contributed by atoms with Crippen molar-refractivity contribution in [3.63, 3.8) is 0 Å². The molecule has 0 saturated carbocycles. The van der Waals surface area contributed by atoms with Gasteiger partial charge in [-0.1, -0.05) is 0 Å². The molecule has 4 rings (SSSR count). The van der Waals surface area contributed by atoms with E-state index in [-0.39, 0.29) is 11.9 Å². The highest BCUT2D eigenvalue weighted by molar-refractivity contribution is 7.98. The van der Waals surface area contributed by atoms with Gasteiger partial charge in [0.15, 0.2) is 0 Å². The second-order valence-electron chi connectivity index (χ2n) is 6.48. The molecule has 0 bridgehead atoms. The van der Waals surface area contributed by atoms with Crippen molar-refractivity contribution in [1.82, 2.24) is 9.55 Å². The summed E-state index contributed by atoms with van der Waals surface area (Å²) in [6, 6.07) is 12.5. The molecule has 0 spiro atoms. The molecular weight excluding hydrogens is 386 g/mol. The molecular formula is C21H19N5O2S. The second-order valence-corrected chi connectivity index (χ2v) is 7.36. The Morgan fingerprint density at radius 2 is 1.86 bits per heavy atom. The van der Waals surface area contributed by atoms with E-state index in [9.17, 15) is 9.59 Å². The summed E-state index contributed by atoms with van der Waals surface area (Å²) < 4.78 is 1.83. The number of thioether (sulfide) groups is 1. The minimum Gasteiger partial charge on any atom is -0.335 e. The average molecular weight is 405 g/mol. The van der Waals surface area contributed by atoms with Crippen LogP contribution in [0.4, 0.5) is 21.9 Å². The molecule has 1 aromatic heterocycles. The van der Waals surface area contributed by atoms with Crippen molar-refractivity contribution in [2.45, 2.75) is 4.90 Å². The van der Waals surface area contributed by atoms with E-state index in [1.807, 2.05) is 48.3 Å². The zero-order valence-corrected chi connectivity index (χ0v) is 16.7. The number of urea groups is 1. The lowest BCUT2D eigenvalue weighted by Crippen LogP contribution is -2.19. The summed E-state index contributed by atoms with van der Waals surface area (Å²) >= 11 is 1.64. The highest BCUT2D eigenvalue weighted by atomic mass is 32.2. The van der Waals surface area contributed by atoms with Crippen LogP contribution in [0.2, 0.25) is 0 Å². The first-order chi connectivity index (χ1) is 14.0. The Morgan fingerprint density at radius 1 is 1.14 bits per heavy atom. The van der Waals surface area contributed by atoms with Gasteiger partial charge in [-0.3, -0.25) is 4.79 Å². The number of amides is 3. The van der Waals surface area contributed by atoms with Crippen LogP contribution in [-0.4, -0.2) is 27.7 Å². The third kappa shape index (κ3) is 4.02. The van der Waals surface area contributed by atoms with Crippen molar-refractivity contribution in [3.8, 4) is 0 Å². The van der Waals surface area contributed by atoms with Crippen LogP contribution >= 0.6 is 11.8 Å². The van der Waals surface area contributed by atoms with Crippen LogP contribution in [-0.2, 0) is 11.8 Å². The number of carbonyl (C=O) groups excluding carboxylic acids is 2. The minimum atomic E-state index is -0.353. The van der Waals surface area contributed by atoms with Crippen molar-refractivity contribution in [2.24, 2.45) is 7.05 Å². The molecule has 29 heavy (non-hydrogen) atoms. The number of rotatable bonds is 4. The van der Waals surface area contributed by atoms with Gasteiger partial charge in [-0.25, -0.2) is 9.78 Å². The summed E-state index contributed by atoms with van der Waals surface area (Å²) in [5.41, 5.74) is 3.22. The summed E-state index contributed by atoms with van der Waals surface area (Å²) in [6.45, 7) is 0. The summed E-state index contributed by atoms with van der Waals surface area (Å²) in [6.07, 6.45) is 7.22. The predicted octanol–water partition coefficient (Wildman–Crippen LogP) is 4.28. The molecule has 2 heterocycles. The molecule has 8 heteroatoms. The third-order valence-corrected chi connectivity index (χ3v) is 5.28. The number of fused-ring (bicyclic) bond motifs is 1. The first-order valence-electron chi connectivity index (χ1n) is 8.90. The number of hydrogen-bond acceptors (Lipinski definition) is 4. The van der Waals surface area contributed by atoms with Gasteiger partial charge < -0.3 is 20.5 Å². The van der Waals surface area contributed by atoms with Gasteiger partial charge in [0.25, 0.3) is 5.91 Å². The topological polar surface area (TPSA) is 88.1 Å². The van der Waals surface area contributed by atoms with Gasteiger partial charge >= 0.3 is 6.03 Å². The lowest BCUT2D eigenvalue weighted by molar-refractivity contribution is -0.110. The van der Waals surface area contributed by atoms with Gasteiger partial charge in [0.2, 0.25) is 0 Å². The van der Waals surface area contributed by atoms with E-state index < -0.39 is 0 Å². The minimum absolute atomic E-state index is 0.196. The molecule has 0 unspecified atom stereocenters. The maximum Gasteiger partial charge on any atom is 0.323 e. The fourth-order valence-electron chi connectivity index (χ4n) is 3.02. The van der Waals surface area contributed by atoms with E-state index in [0.717, 1.165) is 10.5 Å². The smallest absolute Gasteiger partial charge is 0.323 e. The number of aryl methyl sites for hydroxylation is 1. The third-order valence-electron chi connectivity index (χ3n) is 4.54. The van der Waals surface area contributed by atoms with Crippen molar-refractivity contribution in [1.29, 1.82) is 0 Å². The van der Waals surface area contributed by atoms with E-state index in [2.05, 4.69) is 20.9 Å². The number of imidazole rings is 1. The van der Waals surface area contributed by atoms with Crippen LogP contribution in [0.1, 0.15) is 11.4 Å². The van der Waals surface area contributed by atoms with Gasteiger partial charge in [-0.2, -0.15) is 0 Å². The predicted molar refractivity (Wildman–Crippen MR) is 117 cm³/mol. The fraction of sp³-hybridized carbons (Fsp3) is 0.0952. The molecule has 146 valence electrons. The number of anilines is 3. The maximum atomic E-state index is 12.4. The standard InChI is InChI=1S/C21H19N5O2S/c1-26-10-9-22-19(26)12-17-16-11-14(5-8-18(16)25-20(17)27)24-21(28)23-13-3-6-15(29-2)7-4-13/h3-12H,1-2H3,(H,25,27)(H2,23,24,28)/b17-12+. The Kier molecular flexibility index (Phi) is 5.09. The number of hydrogen-bond donors (Lipinski definition) is 3. The molecule has 0 radical (unpaired) electrons. The van der Waals surface area contributed by atoms with Crippen LogP contribution < -0.4 is 16.0 Å². The van der Waals surface area contributed by atoms with Crippen LogP contribution in [0.15, 0.2) is 59.8 Å². The largest absolute Gasteiger partial charge is 0.335 e. The number of nitrogens with zero attached hydrogens (tertiary/aromatic N) is 2. The molecule has 3 N–H and O–H groups in total. The van der Waals surface area contributed by atoms with Gasteiger partial charge in [0.1, 0.15) is 5.82 Å². The van der Waals surface area contributed by atoms with E-state index in [1.54, 1.807) is 42.2 Å². The Hall–Kier alpha value is -3.52. The molecule has 7 nitrogen and oxygen atoms in total. The summed E-state index contributed by atoms with van der Waals surface area (Å²) in [5.74, 6) is 0.478. The molecule has 0 fully saturated rings. The lowest BCUT2D eigenvalue weighted by atomic mass is 10.1. The Morgan fingerprint density at radius 3 is 2.55 bits per heavy atom. The summed E-state index contributed by atoms with van der Waals surface area (Å²) in [7, 11) is 1.86. The van der Waals surface area contributed by atoms with Crippen molar-refractivity contribution in [2.75, 3.05) is 22.2 Å². The van der Waals surface area contributed by atoms with E-state index in [4.69, 9.17) is 0 Å².